The van der Waals surface area contributed by atoms with Crippen LogP contribution in [0.3, 0.4) is 0 Å². The number of halogens is 1. The number of thiophene rings is 1. The molecular weight excluding hydrogens is 350 g/mol. The molecular formula is C15H10ClN5O2S. The highest BCUT2D eigenvalue weighted by molar-refractivity contribution is 7.18. The van der Waals surface area contributed by atoms with Crippen molar-refractivity contribution in [3.63, 3.8) is 0 Å². The number of hydrogen-bond acceptors (Lipinski definition) is 6. The molecule has 0 saturated heterocycles. The second kappa shape index (κ2) is 5.50. The van der Waals surface area contributed by atoms with E-state index in [4.69, 9.17) is 11.6 Å². The Balaban J connectivity index is 1.98. The van der Waals surface area contributed by atoms with Crippen LogP contribution in [0.5, 0.6) is 0 Å². The van der Waals surface area contributed by atoms with Gasteiger partial charge in [0, 0.05) is 11.6 Å². The van der Waals surface area contributed by atoms with Crippen LogP contribution in [0.2, 0.25) is 4.34 Å². The van der Waals surface area contributed by atoms with Crippen molar-refractivity contribution < 1.29 is 4.92 Å². The van der Waals surface area contributed by atoms with E-state index in [1.54, 1.807) is 30.5 Å². The Kier molecular flexibility index (Phi) is 3.43. The van der Waals surface area contributed by atoms with E-state index < -0.39 is 11.0 Å². The van der Waals surface area contributed by atoms with Crippen LogP contribution in [0, 0.1) is 17.0 Å². The Labute approximate surface area is 145 Å². The summed E-state index contributed by atoms with van der Waals surface area (Å²) in [6.45, 7) is 1.84. The highest BCUT2D eigenvalue weighted by Crippen LogP contribution is 2.42. The van der Waals surface area contributed by atoms with Crippen LogP contribution in [-0.2, 0) is 0 Å². The fraction of sp³-hybridized carbons (Fsp3) is 0.133. The molecule has 120 valence electrons. The number of fused-ring (bicyclic) bond motifs is 3. The van der Waals surface area contributed by atoms with Gasteiger partial charge in [0.15, 0.2) is 5.82 Å². The van der Waals surface area contributed by atoms with Crippen LogP contribution in [0.1, 0.15) is 28.8 Å². The topological polar surface area (TPSA) is 86.2 Å². The maximum atomic E-state index is 11.4. The zero-order valence-electron chi connectivity index (χ0n) is 12.4. The van der Waals surface area contributed by atoms with Crippen molar-refractivity contribution >= 4 is 34.8 Å². The number of nitrogens with zero attached hydrogens (tertiary/aromatic N) is 5. The Morgan fingerprint density at radius 2 is 2.08 bits per heavy atom. The zero-order chi connectivity index (χ0) is 16.8. The molecule has 0 N–H and O–H groups in total. The number of para-hydroxylation sites is 1. The van der Waals surface area contributed by atoms with Crippen molar-refractivity contribution in [3.05, 3.63) is 67.6 Å². The summed E-state index contributed by atoms with van der Waals surface area (Å²) in [5.41, 5.74) is 1.35. The van der Waals surface area contributed by atoms with Crippen molar-refractivity contribution in [1.29, 1.82) is 0 Å². The Bertz CT molecular complexity index is 994. The molecule has 0 spiro atoms. The largest absolute Gasteiger partial charge is 0.276 e. The fourth-order valence-corrected chi connectivity index (χ4v) is 4.12. The van der Waals surface area contributed by atoms with Gasteiger partial charge in [0.05, 0.1) is 21.0 Å². The maximum Gasteiger partial charge on any atom is 0.275 e. The van der Waals surface area contributed by atoms with Crippen LogP contribution < -0.4 is 0 Å². The maximum absolute atomic E-state index is 11.4. The van der Waals surface area contributed by atoms with Crippen LogP contribution in [0.15, 0.2) is 35.3 Å². The van der Waals surface area contributed by atoms with Crippen molar-refractivity contribution in [3.8, 4) is 5.00 Å². The van der Waals surface area contributed by atoms with Gasteiger partial charge in [-0.1, -0.05) is 23.7 Å². The van der Waals surface area contributed by atoms with Crippen LogP contribution in [0.4, 0.5) is 5.69 Å². The Hall–Kier alpha value is -2.58. The van der Waals surface area contributed by atoms with E-state index in [0.717, 1.165) is 10.6 Å². The predicted molar refractivity (Wildman–Crippen MR) is 91.5 cm³/mol. The molecule has 1 aromatic carbocycles. The summed E-state index contributed by atoms with van der Waals surface area (Å²) in [6.07, 6.45) is 1.60. The molecule has 4 rings (SSSR count). The van der Waals surface area contributed by atoms with E-state index in [1.807, 2.05) is 11.5 Å². The van der Waals surface area contributed by atoms with Gasteiger partial charge in [0.1, 0.15) is 16.9 Å². The summed E-state index contributed by atoms with van der Waals surface area (Å²) >= 11 is 7.60. The van der Waals surface area contributed by atoms with E-state index in [2.05, 4.69) is 15.2 Å². The quantitative estimate of drug-likeness (QED) is 0.515. The van der Waals surface area contributed by atoms with Gasteiger partial charge in [0.2, 0.25) is 0 Å². The normalized spacial score (nSPS) is 15.7. The molecule has 0 aliphatic carbocycles. The number of aryl methyl sites for hydroxylation is 1. The number of rotatable bonds is 2. The Morgan fingerprint density at radius 3 is 2.88 bits per heavy atom. The molecule has 3 aromatic rings. The fourth-order valence-electron chi connectivity index (χ4n) is 2.80. The van der Waals surface area contributed by atoms with Crippen molar-refractivity contribution in [2.24, 2.45) is 4.99 Å². The van der Waals surface area contributed by atoms with Gasteiger partial charge in [-0.15, -0.1) is 21.5 Å². The van der Waals surface area contributed by atoms with Crippen LogP contribution in [0.25, 0.3) is 5.00 Å². The summed E-state index contributed by atoms with van der Waals surface area (Å²) in [7, 11) is 0. The average Bonchev–Trinajstić information content (AvgIpc) is 3.06. The van der Waals surface area contributed by atoms with E-state index in [9.17, 15) is 10.1 Å². The minimum absolute atomic E-state index is 0.0299. The molecule has 0 saturated carbocycles. The third kappa shape index (κ3) is 2.22. The lowest BCUT2D eigenvalue weighted by Crippen LogP contribution is -2.04. The lowest BCUT2D eigenvalue weighted by Gasteiger charge is -2.12. The molecule has 2 aromatic heterocycles. The molecule has 0 bridgehead atoms. The highest BCUT2D eigenvalue weighted by atomic mass is 35.5. The number of nitro groups is 1. The molecule has 0 amide bonds. The number of aliphatic imine (C=N–C) groups is 1. The van der Waals surface area contributed by atoms with Crippen molar-refractivity contribution in [1.82, 2.24) is 14.8 Å². The van der Waals surface area contributed by atoms with Gasteiger partial charge < -0.3 is 0 Å². The van der Waals surface area contributed by atoms with Crippen molar-refractivity contribution in [2.75, 3.05) is 0 Å². The lowest BCUT2D eigenvalue weighted by atomic mass is 9.99. The smallest absolute Gasteiger partial charge is 0.275 e. The standard InChI is InChI=1S/C15H10ClN5O2S/c1-8-18-19-13-7-17-14(9-4-2-3-5-11(9)21(22)23)10-6-12(16)24-15(10)20(8)13/h2-7,14H,1H3. The van der Waals surface area contributed by atoms with Gasteiger partial charge in [-0.2, -0.15) is 0 Å². The minimum Gasteiger partial charge on any atom is -0.276 e. The summed E-state index contributed by atoms with van der Waals surface area (Å²) in [4.78, 5) is 15.5. The first kappa shape index (κ1) is 15.0. The molecule has 1 aliphatic heterocycles. The summed E-state index contributed by atoms with van der Waals surface area (Å²) in [5.74, 6) is 1.28. The molecule has 7 nitrogen and oxygen atoms in total. The van der Waals surface area contributed by atoms with Crippen LogP contribution in [-0.4, -0.2) is 25.9 Å². The summed E-state index contributed by atoms with van der Waals surface area (Å²) in [6, 6.07) is 7.88. The molecule has 0 radical (unpaired) electrons. The summed E-state index contributed by atoms with van der Waals surface area (Å²) in [5, 5.41) is 20.4. The van der Waals surface area contributed by atoms with Crippen LogP contribution >= 0.6 is 22.9 Å². The molecule has 3 heterocycles. The van der Waals surface area contributed by atoms with E-state index >= 15 is 0 Å². The number of benzene rings is 1. The molecule has 0 fully saturated rings. The first-order valence-electron chi connectivity index (χ1n) is 7.04. The number of hydrogen-bond donors (Lipinski definition) is 0. The summed E-state index contributed by atoms with van der Waals surface area (Å²) < 4.78 is 2.45. The van der Waals surface area contributed by atoms with E-state index in [1.165, 1.54) is 17.4 Å². The number of nitro benzene ring substituents is 1. The molecule has 24 heavy (non-hydrogen) atoms. The van der Waals surface area contributed by atoms with Crippen molar-refractivity contribution in [2.45, 2.75) is 13.0 Å². The van der Waals surface area contributed by atoms with Gasteiger partial charge in [-0.05, 0) is 19.1 Å². The van der Waals surface area contributed by atoms with Gasteiger partial charge >= 0.3 is 0 Å². The zero-order valence-corrected chi connectivity index (χ0v) is 14.0. The van der Waals surface area contributed by atoms with E-state index in [0.29, 0.717) is 21.5 Å². The van der Waals surface area contributed by atoms with Gasteiger partial charge in [0.25, 0.3) is 5.69 Å². The first-order chi connectivity index (χ1) is 11.6. The van der Waals surface area contributed by atoms with Gasteiger partial charge in [-0.3, -0.25) is 19.7 Å². The Morgan fingerprint density at radius 1 is 1.29 bits per heavy atom. The molecule has 1 aliphatic rings. The molecule has 1 atom stereocenters. The molecule has 1 unspecified atom stereocenters. The van der Waals surface area contributed by atoms with Gasteiger partial charge in [-0.25, -0.2) is 0 Å². The third-order valence-corrected chi connectivity index (χ3v) is 5.09. The number of aromatic nitrogens is 3. The second-order valence-electron chi connectivity index (χ2n) is 5.25. The average molecular weight is 360 g/mol. The monoisotopic (exact) mass is 359 g/mol. The lowest BCUT2D eigenvalue weighted by molar-refractivity contribution is -0.385. The van der Waals surface area contributed by atoms with E-state index in [-0.39, 0.29) is 5.69 Å². The third-order valence-electron chi connectivity index (χ3n) is 3.82. The molecule has 9 heteroatoms. The highest BCUT2D eigenvalue weighted by Gasteiger charge is 2.30. The predicted octanol–water partition coefficient (Wildman–Crippen LogP) is 3.72. The minimum atomic E-state index is -0.522. The SMILES string of the molecule is Cc1nnc2n1-c1sc(Cl)cc1C(c1ccccc1[N+](=O)[O-])N=C2. The first-order valence-corrected chi connectivity index (χ1v) is 8.24. The second-order valence-corrected chi connectivity index (χ2v) is 6.91.